The van der Waals surface area contributed by atoms with Crippen LogP contribution in [0.1, 0.15) is 11.5 Å². The van der Waals surface area contributed by atoms with Gasteiger partial charge in [-0.1, -0.05) is 41.9 Å². The van der Waals surface area contributed by atoms with E-state index in [1.54, 1.807) is 6.07 Å². The van der Waals surface area contributed by atoms with Crippen molar-refractivity contribution in [3.63, 3.8) is 0 Å². The summed E-state index contributed by atoms with van der Waals surface area (Å²) in [6, 6.07) is 14.4. The predicted molar refractivity (Wildman–Crippen MR) is 105 cm³/mol. The summed E-state index contributed by atoms with van der Waals surface area (Å²) in [4.78, 5) is 24.8. The van der Waals surface area contributed by atoms with Crippen molar-refractivity contribution in [2.24, 2.45) is 11.7 Å². The highest BCUT2D eigenvalue weighted by Crippen LogP contribution is 2.32. The van der Waals surface area contributed by atoms with Crippen LogP contribution in [0.3, 0.4) is 0 Å². The zero-order chi connectivity index (χ0) is 19.4. The fourth-order valence-corrected chi connectivity index (χ4v) is 3.73. The Morgan fingerprint density at radius 1 is 1.26 bits per heavy atom. The molecular weight excluding hydrogens is 368 g/mol. The highest BCUT2D eigenvalue weighted by molar-refractivity contribution is 6.32. The molecule has 3 N–H and O–H groups in total. The first kappa shape index (κ1) is 19.3. The van der Waals surface area contributed by atoms with Crippen LogP contribution in [-0.4, -0.2) is 41.9 Å². The molecule has 2 aromatic carbocycles. The van der Waals surface area contributed by atoms with Crippen molar-refractivity contribution in [2.75, 3.05) is 31.5 Å². The molecule has 1 aliphatic rings. The van der Waals surface area contributed by atoms with Crippen molar-refractivity contribution in [3.8, 4) is 0 Å². The van der Waals surface area contributed by atoms with E-state index in [0.29, 0.717) is 18.2 Å². The van der Waals surface area contributed by atoms with Crippen LogP contribution in [0.25, 0.3) is 0 Å². The largest absolute Gasteiger partial charge is 0.330 e. The summed E-state index contributed by atoms with van der Waals surface area (Å²) >= 11 is 5.80. The first-order chi connectivity index (χ1) is 13.0. The van der Waals surface area contributed by atoms with Crippen molar-refractivity contribution >= 4 is 28.9 Å². The predicted octanol–water partition coefficient (Wildman–Crippen LogP) is 2.86. The molecule has 1 saturated heterocycles. The topological polar surface area (TPSA) is 102 Å². The van der Waals surface area contributed by atoms with E-state index in [4.69, 9.17) is 17.3 Å². The molecule has 0 radical (unpaired) electrons. The normalized spacial score (nSPS) is 19.8. The van der Waals surface area contributed by atoms with Gasteiger partial charge in [-0.25, -0.2) is 0 Å². The standard InChI is InChI=1S/C19H21ClN4O3/c20-17-7-6-15(8-18(17)24(26)27)22-19(25)12-23-10-14(9-21)16(11-23)13-4-2-1-3-5-13/h1-8,14,16H,9-12,21H2,(H,22,25)/t14-,16+/m1/s1. The summed E-state index contributed by atoms with van der Waals surface area (Å²) in [6.45, 7) is 2.25. The number of likely N-dealkylation sites (tertiary alicyclic amines) is 1. The summed E-state index contributed by atoms with van der Waals surface area (Å²) < 4.78 is 0. The number of benzene rings is 2. The molecular formula is C19H21ClN4O3. The van der Waals surface area contributed by atoms with Crippen LogP contribution in [0.15, 0.2) is 48.5 Å². The van der Waals surface area contributed by atoms with E-state index in [1.807, 2.05) is 18.2 Å². The maximum absolute atomic E-state index is 12.4. The molecule has 0 unspecified atom stereocenters. The van der Waals surface area contributed by atoms with Crippen molar-refractivity contribution in [1.29, 1.82) is 0 Å². The lowest BCUT2D eigenvalue weighted by molar-refractivity contribution is -0.384. The maximum Gasteiger partial charge on any atom is 0.289 e. The van der Waals surface area contributed by atoms with Crippen LogP contribution in [0.4, 0.5) is 11.4 Å². The van der Waals surface area contributed by atoms with Gasteiger partial charge in [0.25, 0.3) is 5.69 Å². The molecule has 0 bridgehead atoms. The van der Waals surface area contributed by atoms with Gasteiger partial charge in [0, 0.05) is 30.8 Å². The molecule has 0 aromatic heterocycles. The lowest BCUT2D eigenvalue weighted by Crippen LogP contribution is -2.32. The van der Waals surface area contributed by atoms with Gasteiger partial charge >= 0.3 is 0 Å². The Morgan fingerprint density at radius 2 is 2.00 bits per heavy atom. The van der Waals surface area contributed by atoms with Gasteiger partial charge in [0.05, 0.1) is 11.5 Å². The third-order valence-corrected chi connectivity index (χ3v) is 5.16. The molecule has 27 heavy (non-hydrogen) atoms. The van der Waals surface area contributed by atoms with Crippen LogP contribution in [0.2, 0.25) is 5.02 Å². The molecule has 0 saturated carbocycles. The van der Waals surface area contributed by atoms with E-state index in [0.717, 1.165) is 13.1 Å². The van der Waals surface area contributed by atoms with E-state index >= 15 is 0 Å². The molecule has 1 heterocycles. The lowest BCUT2D eigenvalue weighted by atomic mass is 9.89. The molecule has 1 aliphatic heterocycles. The second-order valence-corrected chi connectivity index (χ2v) is 7.09. The number of halogens is 1. The number of nitro benzene ring substituents is 1. The van der Waals surface area contributed by atoms with Crippen LogP contribution >= 0.6 is 11.6 Å². The van der Waals surface area contributed by atoms with Crippen molar-refractivity contribution < 1.29 is 9.72 Å². The minimum Gasteiger partial charge on any atom is -0.330 e. The Morgan fingerprint density at radius 3 is 2.67 bits per heavy atom. The average Bonchev–Trinajstić information content (AvgIpc) is 3.06. The Kier molecular flexibility index (Phi) is 6.05. The van der Waals surface area contributed by atoms with Crippen LogP contribution in [0.5, 0.6) is 0 Å². The van der Waals surface area contributed by atoms with Gasteiger partial charge < -0.3 is 11.1 Å². The smallest absolute Gasteiger partial charge is 0.289 e. The first-order valence-corrected chi connectivity index (χ1v) is 9.07. The zero-order valence-corrected chi connectivity index (χ0v) is 15.4. The molecule has 0 spiro atoms. The van der Waals surface area contributed by atoms with Gasteiger partial charge in [-0.15, -0.1) is 0 Å². The second kappa shape index (κ2) is 8.47. The van der Waals surface area contributed by atoms with Gasteiger partial charge in [0.1, 0.15) is 5.02 Å². The fraction of sp³-hybridized carbons (Fsp3) is 0.316. The Hall–Kier alpha value is -2.48. The summed E-state index contributed by atoms with van der Waals surface area (Å²) in [5.41, 5.74) is 7.28. The number of hydrogen-bond donors (Lipinski definition) is 2. The zero-order valence-electron chi connectivity index (χ0n) is 14.7. The summed E-state index contributed by atoms with van der Waals surface area (Å²) in [5.74, 6) is 0.355. The van der Waals surface area contributed by atoms with Crippen molar-refractivity contribution in [3.05, 3.63) is 69.2 Å². The van der Waals surface area contributed by atoms with Gasteiger partial charge in [-0.3, -0.25) is 19.8 Å². The molecule has 0 aliphatic carbocycles. The fourth-order valence-electron chi connectivity index (χ4n) is 3.54. The highest BCUT2D eigenvalue weighted by atomic mass is 35.5. The van der Waals surface area contributed by atoms with E-state index < -0.39 is 4.92 Å². The number of nitro groups is 1. The number of hydrogen-bond acceptors (Lipinski definition) is 5. The minimum atomic E-state index is -0.575. The molecule has 7 nitrogen and oxygen atoms in total. The van der Waals surface area contributed by atoms with Crippen molar-refractivity contribution in [2.45, 2.75) is 5.92 Å². The first-order valence-electron chi connectivity index (χ1n) is 8.69. The molecule has 2 atom stereocenters. The van der Waals surface area contributed by atoms with E-state index in [9.17, 15) is 14.9 Å². The van der Waals surface area contributed by atoms with Crippen LogP contribution in [-0.2, 0) is 4.79 Å². The minimum absolute atomic E-state index is 0.0361. The number of carbonyl (C=O) groups is 1. The number of anilines is 1. The Balaban J connectivity index is 1.63. The Labute approximate surface area is 162 Å². The summed E-state index contributed by atoms with van der Waals surface area (Å²) in [5, 5.41) is 13.7. The van der Waals surface area contributed by atoms with E-state index in [2.05, 4.69) is 22.3 Å². The number of nitrogens with zero attached hydrogens (tertiary/aromatic N) is 2. The van der Waals surface area contributed by atoms with Gasteiger partial charge in [0.15, 0.2) is 0 Å². The van der Waals surface area contributed by atoms with Gasteiger partial charge in [0.2, 0.25) is 5.91 Å². The maximum atomic E-state index is 12.4. The van der Waals surface area contributed by atoms with E-state index in [-0.39, 0.29) is 29.1 Å². The molecule has 1 fully saturated rings. The third kappa shape index (κ3) is 4.63. The molecule has 8 heteroatoms. The monoisotopic (exact) mass is 388 g/mol. The number of nitrogens with one attached hydrogen (secondary N) is 1. The molecule has 142 valence electrons. The second-order valence-electron chi connectivity index (χ2n) is 6.68. The van der Waals surface area contributed by atoms with Crippen molar-refractivity contribution in [1.82, 2.24) is 4.90 Å². The quantitative estimate of drug-likeness (QED) is 0.585. The molecule has 1 amide bonds. The number of carbonyl (C=O) groups excluding carboxylic acids is 1. The van der Waals surface area contributed by atoms with Gasteiger partial charge in [-0.2, -0.15) is 0 Å². The molecule has 2 aromatic rings. The Bertz CT molecular complexity index is 831. The van der Waals surface area contributed by atoms with Crippen LogP contribution in [0, 0.1) is 16.0 Å². The van der Waals surface area contributed by atoms with Crippen LogP contribution < -0.4 is 11.1 Å². The third-order valence-electron chi connectivity index (χ3n) is 4.84. The summed E-state index contributed by atoms with van der Waals surface area (Å²) in [6.07, 6.45) is 0. The number of nitrogens with two attached hydrogens (primary N) is 1. The highest BCUT2D eigenvalue weighted by Gasteiger charge is 2.33. The number of rotatable bonds is 6. The van der Waals surface area contributed by atoms with Gasteiger partial charge in [-0.05, 0) is 30.2 Å². The van der Waals surface area contributed by atoms with E-state index in [1.165, 1.54) is 17.7 Å². The number of amides is 1. The SMILES string of the molecule is NC[C@@H]1CN(CC(=O)Nc2ccc(Cl)c([N+](=O)[O-])c2)C[C@H]1c1ccccc1. The summed E-state index contributed by atoms with van der Waals surface area (Å²) in [7, 11) is 0. The average molecular weight is 389 g/mol. The lowest BCUT2D eigenvalue weighted by Gasteiger charge is -2.16. The molecule has 3 rings (SSSR count).